The molecule has 0 heterocycles. The lowest BCUT2D eigenvalue weighted by atomic mass is 9.94. The van der Waals surface area contributed by atoms with Crippen LogP contribution in [-0.2, 0) is 6.42 Å². The summed E-state index contributed by atoms with van der Waals surface area (Å²) in [7, 11) is 0. The number of hydrogen-bond donors (Lipinski definition) is 0. The largest absolute Gasteiger partial charge is 0.192 e. The molecule has 2 nitrogen and oxygen atoms in total. The maximum absolute atomic E-state index is 9.12. The van der Waals surface area contributed by atoms with Gasteiger partial charge >= 0.3 is 0 Å². The molecular formula is C18H14N2. The average molecular weight is 258 g/mol. The van der Waals surface area contributed by atoms with E-state index in [4.69, 9.17) is 10.5 Å². The van der Waals surface area contributed by atoms with E-state index in [1.807, 2.05) is 60.7 Å². The first kappa shape index (κ1) is 13.6. The first-order chi connectivity index (χ1) is 9.85. The molecule has 0 N–H and O–H groups in total. The van der Waals surface area contributed by atoms with Gasteiger partial charge in [0.05, 0.1) is 0 Å². The third-order valence-corrected chi connectivity index (χ3v) is 3.15. The average Bonchev–Trinajstić information content (AvgIpc) is 2.53. The molecule has 0 saturated heterocycles. The van der Waals surface area contributed by atoms with Gasteiger partial charge in [0.1, 0.15) is 17.7 Å². The molecule has 0 amide bonds. The molecule has 20 heavy (non-hydrogen) atoms. The van der Waals surface area contributed by atoms with Gasteiger partial charge in [-0.25, -0.2) is 0 Å². The van der Waals surface area contributed by atoms with Crippen molar-refractivity contribution in [1.29, 1.82) is 10.5 Å². The Labute approximate surface area is 119 Å². The highest BCUT2D eigenvalue weighted by molar-refractivity contribution is 5.75. The van der Waals surface area contributed by atoms with Crippen LogP contribution in [0.5, 0.6) is 0 Å². The summed E-state index contributed by atoms with van der Waals surface area (Å²) in [6.45, 7) is 0. The number of allylic oxidation sites excluding steroid dienone is 2. The fraction of sp³-hybridized carbons (Fsp3) is 0.111. The molecule has 0 aliphatic heterocycles. The second-order valence-electron chi connectivity index (χ2n) is 4.43. The van der Waals surface area contributed by atoms with Crippen molar-refractivity contribution in [3.63, 3.8) is 0 Å². The van der Waals surface area contributed by atoms with E-state index in [2.05, 4.69) is 12.1 Å². The fourth-order valence-corrected chi connectivity index (χ4v) is 2.13. The van der Waals surface area contributed by atoms with Gasteiger partial charge in [0.15, 0.2) is 0 Å². The molecule has 96 valence electrons. The third kappa shape index (κ3) is 3.34. The Kier molecular flexibility index (Phi) is 4.70. The predicted octanol–water partition coefficient (Wildman–Crippen LogP) is 4.12. The van der Waals surface area contributed by atoms with Crippen molar-refractivity contribution in [3.8, 4) is 12.1 Å². The monoisotopic (exact) mass is 258 g/mol. The third-order valence-electron chi connectivity index (χ3n) is 3.15. The lowest BCUT2D eigenvalue weighted by Crippen LogP contribution is -1.93. The normalized spacial score (nSPS) is 9.30. The Bertz CT molecular complexity index is 655. The molecule has 0 saturated carbocycles. The predicted molar refractivity (Wildman–Crippen MR) is 79.4 cm³/mol. The molecule has 0 aliphatic carbocycles. The smallest absolute Gasteiger partial charge is 0.133 e. The van der Waals surface area contributed by atoms with Crippen LogP contribution >= 0.6 is 0 Å². The van der Waals surface area contributed by atoms with Gasteiger partial charge in [0, 0.05) is 0 Å². The van der Waals surface area contributed by atoms with Crippen molar-refractivity contribution in [1.82, 2.24) is 0 Å². The molecule has 0 aliphatic rings. The lowest BCUT2D eigenvalue weighted by molar-refractivity contribution is 1.01. The van der Waals surface area contributed by atoms with Crippen LogP contribution in [0.25, 0.3) is 5.57 Å². The molecule has 0 atom stereocenters. The van der Waals surface area contributed by atoms with Gasteiger partial charge in [-0.1, -0.05) is 60.7 Å². The second-order valence-corrected chi connectivity index (χ2v) is 4.43. The van der Waals surface area contributed by atoms with Gasteiger partial charge in [-0.3, -0.25) is 0 Å². The van der Waals surface area contributed by atoms with Crippen LogP contribution in [0.15, 0.2) is 66.2 Å². The number of nitrogens with zero attached hydrogens (tertiary/aromatic N) is 2. The second kappa shape index (κ2) is 6.92. The topological polar surface area (TPSA) is 47.6 Å². The first-order valence-electron chi connectivity index (χ1n) is 6.48. The maximum Gasteiger partial charge on any atom is 0.133 e. The van der Waals surface area contributed by atoms with Crippen LogP contribution in [0.4, 0.5) is 0 Å². The maximum atomic E-state index is 9.12. The van der Waals surface area contributed by atoms with Gasteiger partial charge in [-0.2, -0.15) is 10.5 Å². The van der Waals surface area contributed by atoms with Gasteiger partial charge in [0.25, 0.3) is 0 Å². The van der Waals surface area contributed by atoms with Crippen molar-refractivity contribution in [2.75, 3.05) is 0 Å². The Morgan fingerprint density at radius 2 is 1.35 bits per heavy atom. The highest BCUT2D eigenvalue weighted by Gasteiger charge is 2.09. The summed E-state index contributed by atoms with van der Waals surface area (Å²) in [6, 6.07) is 23.7. The summed E-state index contributed by atoms with van der Waals surface area (Å²) >= 11 is 0. The van der Waals surface area contributed by atoms with Crippen molar-refractivity contribution in [2.24, 2.45) is 0 Å². The van der Waals surface area contributed by atoms with Crippen LogP contribution in [-0.4, -0.2) is 0 Å². The van der Waals surface area contributed by atoms with E-state index in [1.165, 1.54) is 5.56 Å². The van der Waals surface area contributed by atoms with E-state index in [0.717, 1.165) is 17.6 Å². The Morgan fingerprint density at radius 3 is 1.90 bits per heavy atom. The summed E-state index contributed by atoms with van der Waals surface area (Å²) in [6.07, 6.45) is 1.50. The number of nitriles is 2. The molecule has 2 aromatic rings. The summed E-state index contributed by atoms with van der Waals surface area (Å²) < 4.78 is 0. The van der Waals surface area contributed by atoms with Crippen LogP contribution < -0.4 is 0 Å². The molecule has 2 heteroatoms. The molecule has 2 aromatic carbocycles. The van der Waals surface area contributed by atoms with E-state index in [9.17, 15) is 0 Å². The number of aryl methyl sites for hydroxylation is 1. The first-order valence-corrected chi connectivity index (χ1v) is 6.48. The van der Waals surface area contributed by atoms with E-state index < -0.39 is 0 Å². The van der Waals surface area contributed by atoms with Gasteiger partial charge in [-0.15, -0.1) is 0 Å². The standard InChI is InChI=1S/C18H14N2/c19-13-17(14-20)18(16-9-5-2-6-10-16)12-11-15-7-3-1-4-8-15/h1-10H,11-12H2. The molecule has 0 fully saturated rings. The van der Waals surface area contributed by atoms with Gasteiger partial charge in [-0.05, 0) is 29.5 Å². The minimum absolute atomic E-state index is 0.201. The zero-order valence-electron chi connectivity index (χ0n) is 11.1. The van der Waals surface area contributed by atoms with E-state index in [0.29, 0.717) is 6.42 Å². The molecule has 2 rings (SSSR count). The Balaban J connectivity index is 2.29. The molecular weight excluding hydrogens is 244 g/mol. The van der Waals surface area contributed by atoms with Gasteiger partial charge in [0.2, 0.25) is 0 Å². The van der Waals surface area contributed by atoms with Crippen LogP contribution in [0, 0.1) is 22.7 Å². The summed E-state index contributed by atoms with van der Waals surface area (Å²) in [5, 5.41) is 18.2. The lowest BCUT2D eigenvalue weighted by Gasteiger charge is -2.08. The highest BCUT2D eigenvalue weighted by Crippen LogP contribution is 2.23. The quantitative estimate of drug-likeness (QED) is 0.774. The molecule has 0 bridgehead atoms. The molecule has 0 spiro atoms. The molecule has 0 unspecified atom stereocenters. The number of hydrogen-bond acceptors (Lipinski definition) is 2. The van der Waals surface area contributed by atoms with Crippen molar-refractivity contribution < 1.29 is 0 Å². The SMILES string of the molecule is N#CC(C#N)=C(CCc1ccccc1)c1ccccc1. The zero-order chi connectivity index (χ0) is 14.2. The van der Waals surface area contributed by atoms with Crippen LogP contribution in [0.1, 0.15) is 17.5 Å². The van der Waals surface area contributed by atoms with E-state index in [1.54, 1.807) is 0 Å². The van der Waals surface area contributed by atoms with Gasteiger partial charge < -0.3 is 0 Å². The van der Waals surface area contributed by atoms with Crippen molar-refractivity contribution in [2.45, 2.75) is 12.8 Å². The van der Waals surface area contributed by atoms with Crippen LogP contribution in [0.3, 0.4) is 0 Å². The fourth-order valence-electron chi connectivity index (χ4n) is 2.13. The number of benzene rings is 2. The van der Waals surface area contributed by atoms with E-state index >= 15 is 0 Å². The summed E-state index contributed by atoms with van der Waals surface area (Å²) in [5.41, 5.74) is 3.17. The minimum atomic E-state index is 0.201. The molecule has 0 radical (unpaired) electrons. The van der Waals surface area contributed by atoms with Crippen molar-refractivity contribution in [3.05, 3.63) is 77.4 Å². The minimum Gasteiger partial charge on any atom is -0.192 e. The summed E-state index contributed by atoms with van der Waals surface area (Å²) in [5.74, 6) is 0. The van der Waals surface area contributed by atoms with Crippen LogP contribution in [0.2, 0.25) is 0 Å². The number of rotatable bonds is 4. The molecule has 0 aromatic heterocycles. The van der Waals surface area contributed by atoms with E-state index in [-0.39, 0.29) is 5.57 Å². The highest BCUT2D eigenvalue weighted by atomic mass is 14.3. The zero-order valence-corrected chi connectivity index (χ0v) is 11.1. The summed E-state index contributed by atoms with van der Waals surface area (Å²) in [4.78, 5) is 0. The Hall–Kier alpha value is -2.84. The Morgan fingerprint density at radius 1 is 0.800 bits per heavy atom. The van der Waals surface area contributed by atoms with Crippen molar-refractivity contribution >= 4 is 5.57 Å².